The van der Waals surface area contributed by atoms with Gasteiger partial charge in [0.1, 0.15) is 10.9 Å². The summed E-state index contributed by atoms with van der Waals surface area (Å²) in [7, 11) is 0. The Morgan fingerprint density at radius 3 is 2.35 bits per heavy atom. The second kappa shape index (κ2) is 9.93. The highest BCUT2D eigenvalue weighted by Crippen LogP contribution is 2.51. The number of nitrogens with zero attached hydrogens (tertiary/aromatic N) is 2. The number of amides is 2. The average molecular weight is 580 g/mol. The van der Waals surface area contributed by atoms with Gasteiger partial charge in [-0.3, -0.25) is 14.4 Å². The minimum Gasteiger partial charge on any atom is -0.462 e. The van der Waals surface area contributed by atoms with Crippen LogP contribution in [0.1, 0.15) is 39.3 Å². The van der Waals surface area contributed by atoms with Gasteiger partial charge in [0, 0.05) is 19.9 Å². The van der Waals surface area contributed by atoms with Crippen molar-refractivity contribution >= 4 is 74.6 Å². The number of imide groups is 1. The molecule has 0 N–H and O–H groups in total. The van der Waals surface area contributed by atoms with Crippen molar-refractivity contribution in [2.45, 2.75) is 32.9 Å². The zero-order valence-corrected chi connectivity index (χ0v) is 23.0. The van der Waals surface area contributed by atoms with Crippen molar-refractivity contribution in [1.82, 2.24) is 0 Å². The van der Waals surface area contributed by atoms with Crippen LogP contribution in [0.5, 0.6) is 0 Å². The van der Waals surface area contributed by atoms with Crippen LogP contribution in [0.4, 0.5) is 10.7 Å². The number of aryl methyl sites for hydroxylation is 1. The third-order valence-electron chi connectivity index (χ3n) is 6.53. The fraction of sp³-hybridized carbons (Fsp3) is 0.269. The second-order valence-electron chi connectivity index (χ2n) is 8.66. The van der Waals surface area contributed by atoms with Gasteiger partial charge in [0.15, 0.2) is 6.10 Å². The molecule has 0 unspecified atom stereocenters. The number of halogens is 3. The van der Waals surface area contributed by atoms with E-state index in [2.05, 4.69) is 0 Å². The lowest BCUT2D eigenvalue weighted by Crippen LogP contribution is -2.37. The largest absolute Gasteiger partial charge is 0.462 e. The zero-order valence-electron chi connectivity index (χ0n) is 20.0. The van der Waals surface area contributed by atoms with Crippen molar-refractivity contribution in [1.29, 1.82) is 0 Å². The minimum atomic E-state index is -1.13. The van der Waals surface area contributed by atoms with Crippen molar-refractivity contribution in [3.05, 3.63) is 79.1 Å². The summed E-state index contributed by atoms with van der Waals surface area (Å²) in [6.07, 6.45) is -1.13. The maximum atomic E-state index is 14.0. The first-order chi connectivity index (χ1) is 17.6. The summed E-state index contributed by atoms with van der Waals surface area (Å²) in [5.41, 5.74) is 2.04. The number of esters is 1. The molecule has 1 aromatic heterocycles. The number of benzene rings is 2. The Kier molecular flexibility index (Phi) is 6.98. The number of thiophene rings is 1. The molecule has 0 bridgehead atoms. The van der Waals surface area contributed by atoms with Crippen LogP contribution in [-0.4, -0.2) is 30.5 Å². The summed E-state index contributed by atoms with van der Waals surface area (Å²) in [6.45, 7) is 5.45. The van der Waals surface area contributed by atoms with E-state index in [4.69, 9.17) is 44.4 Å². The third kappa shape index (κ3) is 4.30. The van der Waals surface area contributed by atoms with Gasteiger partial charge in [-0.05, 0) is 68.3 Å². The number of carbonyl (C=O) groups is 3. The molecule has 5 rings (SSSR count). The van der Waals surface area contributed by atoms with Crippen molar-refractivity contribution in [3.63, 3.8) is 0 Å². The molecule has 2 amide bonds. The minimum absolute atomic E-state index is 0.163. The number of rotatable bonds is 5. The summed E-state index contributed by atoms with van der Waals surface area (Å²) in [5, 5.41) is 3.04. The molecular formula is C26H21Cl3N2O5S. The number of hydroxylamine groups is 1. The van der Waals surface area contributed by atoms with Crippen LogP contribution in [0, 0.1) is 19.8 Å². The van der Waals surface area contributed by atoms with E-state index in [0.717, 1.165) is 9.78 Å². The SMILES string of the molecule is CCOC(=O)c1c(N2C(=O)[C@@H]3[C@@H](c4ccc(Cl)cc4Cl)N(c4ccc(Cl)cc4)O[C@H]3C2=O)sc(C)c1C. The van der Waals surface area contributed by atoms with Crippen molar-refractivity contribution in [3.8, 4) is 0 Å². The van der Waals surface area contributed by atoms with E-state index < -0.39 is 35.8 Å². The van der Waals surface area contributed by atoms with Gasteiger partial charge < -0.3 is 4.74 Å². The van der Waals surface area contributed by atoms with Gasteiger partial charge in [-0.15, -0.1) is 11.3 Å². The summed E-state index contributed by atoms with van der Waals surface area (Å²) < 4.78 is 5.23. The van der Waals surface area contributed by atoms with E-state index in [1.54, 1.807) is 56.3 Å². The second-order valence-corrected chi connectivity index (χ2v) is 11.1. The highest BCUT2D eigenvalue weighted by molar-refractivity contribution is 7.17. The molecule has 7 nitrogen and oxygen atoms in total. The highest BCUT2D eigenvalue weighted by atomic mass is 35.5. The third-order valence-corrected chi connectivity index (χ3v) is 8.53. The molecule has 2 aliphatic heterocycles. The van der Waals surface area contributed by atoms with Crippen molar-refractivity contribution < 1.29 is 24.0 Å². The van der Waals surface area contributed by atoms with E-state index in [1.165, 1.54) is 16.4 Å². The molecule has 37 heavy (non-hydrogen) atoms. The molecule has 192 valence electrons. The Morgan fingerprint density at radius 2 is 1.70 bits per heavy atom. The summed E-state index contributed by atoms with van der Waals surface area (Å²) in [4.78, 5) is 48.6. The van der Waals surface area contributed by atoms with Gasteiger partial charge in [-0.25, -0.2) is 14.8 Å². The van der Waals surface area contributed by atoms with Gasteiger partial charge in [-0.1, -0.05) is 40.9 Å². The van der Waals surface area contributed by atoms with Crippen molar-refractivity contribution in [2.24, 2.45) is 5.92 Å². The van der Waals surface area contributed by atoms with Crippen molar-refractivity contribution in [2.75, 3.05) is 16.6 Å². The molecule has 11 heteroatoms. The molecule has 2 saturated heterocycles. The molecule has 0 aliphatic carbocycles. The Hall–Kier alpha value is -2.62. The predicted molar refractivity (Wildman–Crippen MR) is 144 cm³/mol. The summed E-state index contributed by atoms with van der Waals surface area (Å²) in [5.74, 6) is -2.57. The number of hydrogen-bond donors (Lipinski definition) is 0. The first kappa shape index (κ1) is 26.0. The standard InChI is InChI=1S/C26H21Cl3N2O5S/c1-4-35-26(34)19-12(2)13(3)37-25(19)30-23(32)20-21(17-10-7-15(28)11-18(17)29)31(36-22(20)24(30)33)16-8-5-14(27)6-9-16/h5-11,20-22H,4H2,1-3H3/t20-,21-,22-/m1/s1. The highest BCUT2D eigenvalue weighted by Gasteiger charge is 2.61. The van der Waals surface area contributed by atoms with Gasteiger partial charge in [-0.2, -0.15) is 0 Å². The quantitative estimate of drug-likeness (QED) is 0.252. The molecule has 3 aromatic rings. The Balaban J connectivity index is 1.62. The molecule has 3 atom stereocenters. The first-order valence-electron chi connectivity index (χ1n) is 11.5. The number of fused-ring (bicyclic) bond motifs is 1. The number of hydrogen-bond acceptors (Lipinski definition) is 7. The molecule has 2 aromatic carbocycles. The molecular weight excluding hydrogens is 559 g/mol. The molecule has 2 aliphatic rings. The van der Waals surface area contributed by atoms with E-state index in [9.17, 15) is 14.4 Å². The van der Waals surface area contributed by atoms with Crippen LogP contribution in [0.2, 0.25) is 15.1 Å². The first-order valence-corrected chi connectivity index (χ1v) is 13.4. The summed E-state index contributed by atoms with van der Waals surface area (Å²) >= 11 is 20.0. The fourth-order valence-electron chi connectivity index (χ4n) is 4.69. The lowest BCUT2D eigenvalue weighted by atomic mass is 9.90. The molecule has 0 radical (unpaired) electrons. The van der Waals surface area contributed by atoms with Gasteiger partial charge in [0.05, 0.1) is 23.9 Å². The van der Waals surface area contributed by atoms with Crippen LogP contribution in [0.25, 0.3) is 0 Å². The maximum absolute atomic E-state index is 14.0. The predicted octanol–water partition coefficient (Wildman–Crippen LogP) is 6.55. The Labute approximate surface area is 232 Å². The Morgan fingerprint density at radius 1 is 1.03 bits per heavy atom. The zero-order chi connectivity index (χ0) is 26.6. The van der Waals surface area contributed by atoms with Gasteiger partial charge >= 0.3 is 5.97 Å². The molecule has 0 saturated carbocycles. The number of ether oxygens (including phenoxy) is 1. The Bertz CT molecular complexity index is 1420. The average Bonchev–Trinajstić information content (AvgIpc) is 3.45. The number of carbonyl (C=O) groups excluding carboxylic acids is 3. The smallest absolute Gasteiger partial charge is 0.341 e. The van der Waals surface area contributed by atoms with E-state index >= 15 is 0 Å². The van der Waals surface area contributed by atoms with E-state index in [-0.39, 0.29) is 17.2 Å². The molecule has 0 spiro atoms. The lowest BCUT2D eigenvalue weighted by molar-refractivity contribution is -0.126. The summed E-state index contributed by atoms with van der Waals surface area (Å²) in [6, 6.07) is 11.1. The van der Waals surface area contributed by atoms with E-state index in [1.807, 2.05) is 6.92 Å². The normalized spacial score (nSPS) is 21.1. The van der Waals surface area contributed by atoms with Crippen LogP contribution < -0.4 is 9.96 Å². The van der Waals surface area contributed by atoms with Gasteiger partial charge in [0.25, 0.3) is 5.91 Å². The van der Waals surface area contributed by atoms with Crippen LogP contribution in [0.15, 0.2) is 42.5 Å². The van der Waals surface area contributed by atoms with Crippen LogP contribution >= 0.6 is 46.1 Å². The van der Waals surface area contributed by atoms with Crippen LogP contribution in [0.3, 0.4) is 0 Å². The van der Waals surface area contributed by atoms with E-state index in [0.29, 0.717) is 31.9 Å². The monoisotopic (exact) mass is 578 g/mol. The lowest BCUT2D eigenvalue weighted by Gasteiger charge is -2.29. The number of anilines is 2. The molecule has 3 heterocycles. The maximum Gasteiger partial charge on any atom is 0.341 e. The molecule has 2 fully saturated rings. The fourth-order valence-corrected chi connectivity index (χ4v) is 6.50. The topological polar surface area (TPSA) is 76.2 Å². The van der Waals surface area contributed by atoms with Crippen LogP contribution in [-0.2, 0) is 19.2 Å². The van der Waals surface area contributed by atoms with Gasteiger partial charge in [0.2, 0.25) is 5.91 Å².